The molecular formula is C16H14ClNO2. The van der Waals surface area contributed by atoms with Crippen LogP contribution in [-0.4, -0.2) is 6.61 Å². The third-order valence-electron chi connectivity index (χ3n) is 2.66. The summed E-state index contributed by atoms with van der Waals surface area (Å²) >= 11 is 6.16. The lowest BCUT2D eigenvalue weighted by Crippen LogP contribution is -2.00. The molecule has 3 nitrogen and oxygen atoms in total. The molecule has 0 unspecified atom stereocenters. The first-order valence-corrected chi connectivity index (χ1v) is 6.65. The number of ether oxygens (including phenoxy) is 2. The van der Waals surface area contributed by atoms with Crippen molar-refractivity contribution in [3.8, 4) is 17.6 Å². The Bertz CT molecular complexity index is 620. The van der Waals surface area contributed by atoms with E-state index in [0.29, 0.717) is 35.3 Å². The van der Waals surface area contributed by atoms with E-state index in [4.69, 9.17) is 26.3 Å². The maximum Gasteiger partial charge on any atom is 0.180 e. The van der Waals surface area contributed by atoms with E-state index in [-0.39, 0.29) is 0 Å². The molecule has 0 atom stereocenters. The molecule has 4 heteroatoms. The fourth-order valence-corrected chi connectivity index (χ4v) is 2.03. The van der Waals surface area contributed by atoms with Crippen molar-refractivity contribution in [3.05, 3.63) is 58.6 Å². The molecule has 0 saturated carbocycles. The van der Waals surface area contributed by atoms with E-state index < -0.39 is 0 Å². The number of nitriles is 1. The van der Waals surface area contributed by atoms with Crippen molar-refractivity contribution in [1.82, 2.24) is 0 Å². The molecule has 102 valence electrons. The fraction of sp³-hybridized carbons (Fsp3) is 0.188. The van der Waals surface area contributed by atoms with E-state index in [1.54, 1.807) is 12.1 Å². The third kappa shape index (κ3) is 3.43. The Hall–Kier alpha value is -2.18. The van der Waals surface area contributed by atoms with E-state index in [1.807, 2.05) is 43.3 Å². The monoisotopic (exact) mass is 287 g/mol. The number of benzene rings is 2. The van der Waals surface area contributed by atoms with Gasteiger partial charge in [-0.1, -0.05) is 41.9 Å². The standard InChI is InChI=1S/C16H14ClNO2/c1-2-19-15-9-13(10-18)8-14(17)16(15)20-11-12-6-4-3-5-7-12/h3-9H,2,11H2,1H3. The second-order valence-electron chi connectivity index (χ2n) is 4.10. The van der Waals surface area contributed by atoms with Gasteiger partial charge in [0.05, 0.1) is 23.3 Å². The van der Waals surface area contributed by atoms with Gasteiger partial charge in [-0.3, -0.25) is 0 Å². The summed E-state index contributed by atoms with van der Waals surface area (Å²) < 4.78 is 11.2. The molecule has 0 aliphatic heterocycles. The van der Waals surface area contributed by atoms with Gasteiger partial charge >= 0.3 is 0 Å². The van der Waals surface area contributed by atoms with Crippen LogP contribution in [0.2, 0.25) is 5.02 Å². The summed E-state index contributed by atoms with van der Waals surface area (Å²) in [6.07, 6.45) is 0. The van der Waals surface area contributed by atoms with Crippen molar-refractivity contribution < 1.29 is 9.47 Å². The predicted molar refractivity (Wildman–Crippen MR) is 78.1 cm³/mol. The first-order chi connectivity index (χ1) is 9.74. The van der Waals surface area contributed by atoms with Crippen LogP contribution in [0.4, 0.5) is 0 Å². The normalized spacial score (nSPS) is 9.85. The van der Waals surface area contributed by atoms with Crippen LogP contribution in [-0.2, 0) is 6.61 Å². The van der Waals surface area contributed by atoms with Crippen molar-refractivity contribution in [3.63, 3.8) is 0 Å². The van der Waals surface area contributed by atoms with Gasteiger partial charge in [0.25, 0.3) is 0 Å². The molecule has 0 saturated heterocycles. The molecular weight excluding hydrogens is 274 g/mol. The second-order valence-corrected chi connectivity index (χ2v) is 4.51. The van der Waals surface area contributed by atoms with Crippen LogP contribution >= 0.6 is 11.6 Å². The van der Waals surface area contributed by atoms with Crippen LogP contribution in [0.15, 0.2) is 42.5 Å². The Labute approximate surface area is 123 Å². The lowest BCUT2D eigenvalue weighted by molar-refractivity contribution is 0.269. The zero-order valence-corrected chi connectivity index (χ0v) is 11.9. The van der Waals surface area contributed by atoms with Gasteiger partial charge in [-0.05, 0) is 18.6 Å². The molecule has 2 rings (SSSR count). The number of hydrogen-bond donors (Lipinski definition) is 0. The van der Waals surface area contributed by atoms with Crippen LogP contribution in [0.1, 0.15) is 18.1 Å². The van der Waals surface area contributed by atoms with Crippen LogP contribution < -0.4 is 9.47 Å². The highest BCUT2D eigenvalue weighted by Crippen LogP contribution is 2.37. The Balaban J connectivity index is 2.24. The summed E-state index contributed by atoms with van der Waals surface area (Å²) in [6, 6.07) is 15.0. The second kappa shape index (κ2) is 6.83. The topological polar surface area (TPSA) is 42.2 Å². The molecule has 2 aromatic rings. The van der Waals surface area contributed by atoms with Gasteiger partial charge < -0.3 is 9.47 Å². The highest BCUT2D eigenvalue weighted by Gasteiger charge is 2.12. The summed E-state index contributed by atoms with van der Waals surface area (Å²) in [6.45, 7) is 2.74. The molecule has 0 aliphatic rings. The smallest absolute Gasteiger partial charge is 0.180 e. The first kappa shape index (κ1) is 14.2. The Morgan fingerprint density at radius 2 is 1.90 bits per heavy atom. The van der Waals surface area contributed by atoms with Crippen molar-refractivity contribution in [2.24, 2.45) is 0 Å². The Morgan fingerprint density at radius 3 is 2.55 bits per heavy atom. The van der Waals surface area contributed by atoms with E-state index >= 15 is 0 Å². The van der Waals surface area contributed by atoms with Gasteiger partial charge in [-0.15, -0.1) is 0 Å². The average Bonchev–Trinajstić information content (AvgIpc) is 2.47. The molecule has 2 aromatic carbocycles. The van der Waals surface area contributed by atoms with E-state index in [9.17, 15) is 0 Å². The SMILES string of the molecule is CCOc1cc(C#N)cc(Cl)c1OCc1ccccc1. The Morgan fingerprint density at radius 1 is 1.15 bits per heavy atom. The van der Waals surface area contributed by atoms with Crippen molar-refractivity contribution >= 4 is 11.6 Å². The first-order valence-electron chi connectivity index (χ1n) is 6.27. The minimum Gasteiger partial charge on any atom is -0.490 e. The third-order valence-corrected chi connectivity index (χ3v) is 2.95. The lowest BCUT2D eigenvalue weighted by Gasteiger charge is -2.13. The molecule has 0 heterocycles. The van der Waals surface area contributed by atoms with Crippen LogP contribution in [0.3, 0.4) is 0 Å². The molecule has 0 bridgehead atoms. The minimum atomic E-state index is 0.378. The lowest BCUT2D eigenvalue weighted by atomic mass is 10.2. The van der Waals surface area contributed by atoms with E-state index in [2.05, 4.69) is 0 Å². The highest BCUT2D eigenvalue weighted by molar-refractivity contribution is 6.32. The van der Waals surface area contributed by atoms with E-state index in [1.165, 1.54) is 0 Å². The molecule has 0 aliphatic carbocycles. The van der Waals surface area contributed by atoms with Gasteiger partial charge in [0.1, 0.15) is 6.61 Å². The number of nitrogens with zero attached hydrogens (tertiary/aromatic N) is 1. The maximum absolute atomic E-state index is 8.95. The predicted octanol–water partition coefficient (Wildman–Crippen LogP) is 4.19. The van der Waals surface area contributed by atoms with Crippen LogP contribution in [0.25, 0.3) is 0 Å². The van der Waals surface area contributed by atoms with Gasteiger partial charge in [0.2, 0.25) is 0 Å². The fourth-order valence-electron chi connectivity index (χ4n) is 1.77. The van der Waals surface area contributed by atoms with Gasteiger partial charge in [0.15, 0.2) is 11.5 Å². The summed E-state index contributed by atoms with van der Waals surface area (Å²) in [7, 11) is 0. The van der Waals surface area contributed by atoms with Gasteiger partial charge in [0, 0.05) is 6.07 Å². The highest BCUT2D eigenvalue weighted by atomic mass is 35.5. The summed E-state index contributed by atoms with van der Waals surface area (Å²) in [4.78, 5) is 0. The zero-order valence-electron chi connectivity index (χ0n) is 11.1. The molecule has 0 radical (unpaired) electrons. The van der Waals surface area contributed by atoms with Crippen molar-refractivity contribution in [2.45, 2.75) is 13.5 Å². The number of hydrogen-bond acceptors (Lipinski definition) is 3. The largest absolute Gasteiger partial charge is 0.490 e. The molecule has 0 N–H and O–H groups in total. The van der Waals surface area contributed by atoms with Crippen molar-refractivity contribution in [1.29, 1.82) is 5.26 Å². The average molecular weight is 288 g/mol. The number of halogens is 1. The van der Waals surface area contributed by atoms with Crippen LogP contribution in [0, 0.1) is 11.3 Å². The Kier molecular flexibility index (Phi) is 4.86. The minimum absolute atomic E-state index is 0.378. The van der Waals surface area contributed by atoms with Crippen LogP contribution in [0.5, 0.6) is 11.5 Å². The molecule has 0 fully saturated rings. The molecule has 20 heavy (non-hydrogen) atoms. The number of rotatable bonds is 5. The quantitative estimate of drug-likeness (QED) is 0.828. The van der Waals surface area contributed by atoms with Gasteiger partial charge in [-0.25, -0.2) is 0 Å². The van der Waals surface area contributed by atoms with E-state index in [0.717, 1.165) is 5.56 Å². The summed E-state index contributed by atoms with van der Waals surface area (Å²) in [5.74, 6) is 0.962. The summed E-state index contributed by atoms with van der Waals surface area (Å²) in [5.41, 5.74) is 1.49. The zero-order chi connectivity index (χ0) is 14.4. The molecule has 0 aromatic heterocycles. The maximum atomic E-state index is 8.95. The van der Waals surface area contributed by atoms with Crippen molar-refractivity contribution in [2.75, 3.05) is 6.61 Å². The molecule has 0 spiro atoms. The summed E-state index contributed by atoms with van der Waals surface area (Å²) in [5, 5.41) is 9.33. The van der Waals surface area contributed by atoms with Gasteiger partial charge in [-0.2, -0.15) is 5.26 Å². The molecule has 0 amide bonds.